The van der Waals surface area contributed by atoms with Gasteiger partial charge in [0.15, 0.2) is 17.7 Å². The van der Waals surface area contributed by atoms with E-state index in [0.717, 1.165) is 0 Å². The quantitative estimate of drug-likeness (QED) is 0.446. The van der Waals surface area contributed by atoms with Gasteiger partial charge in [-0.15, -0.1) is 0 Å². The minimum absolute atomic E-state index is 0.0477. The number of benzene rings is 2. The largest absolute Gasteiger partial charge is 0.449 e. The molecular formula is C24H21NO6. The van der Waals surface area contributed by atoms with Gasteiger partial charge in [-0.25, -0.2) is 4.79 Å². The average Bonchev–Trinajstić information content (AvgIpc) is 3.24. The zero-order chi connectivity index (χ0) is 22.5. The number of rotatable bonds is 7. The van der Waals surface area contributed by atoms with Gasteiger partial charge in [0.05, 0.1) is 5.69 Å². The zero-order valence-electron chi connectivity index (χ0n) is 17.3. The maximum Gasteiger partial charge on any atom is 0.375 e. The van der Waals surface area contributed by atoms with Crippen LogP contribution in [0.3, 0.4) is 0 Å². The van der Waals surface area contributed by atoms with Crippen LogP contribution in [0.1, 0.15) is 52.0 Å². The summed E-state index contributed by atoms with van der Waals surface area (Å²) in [5.74, 6) is -1.25. The zero-order valence-corrected chi connectivity index (χ0v) is 17.3. The molecule has 0 aliphatic rings. The number of hydrogen-bond acceptors (Lipinski definition) is 6. The number of ketones is 2. The molecule has 0 saturated heterocycles. The normalized spacial score (nSPS) is 11.5. The van der Waals surface area contributed by atoms with Crippen molar-refractivity contribution >= 4 is 29.1 Å². The highest BCUT2D eigenvalue weighted by Gasteiger charge is 2.22. The van der Waals surface area contributed by atoms with Crippen LogP contribution in [-0.4, -0.2) is 29.5 Å². The summed E-state index contributed by atoms with van der Waals surface area (Å²) in [6.45, 7) is 4.30. The van der Waals surface area contributed by atoms with Crippen molar-refractivity contribution in [2.75, 3.05) is 5.32 Å². The third kappa shape index (κ3) is 5.14. The highest BCUT2D eigenvalue weighted by atomic mass is 16.6. The van der Waals surface area contributed by atoms with Crippen LogP contribution in [-0.2, 0) is 9.53 Å². The van der Waals surface area contributed by atoms with E-state index in [1.165, 1.54) is 26.8 Å². The molecule has 1 amide bonds. The van der Waals surface area contributed by atoms with E-state index >= 15 is 0 Å². The summed E-state index contributed by atoms with van der Waals surface area (Å²) in [6, 6.07) is 16.4. The summed E-state index contributed by atoms with van der Waals surface area (Å²) < 4.78 is 10.7. The molecule has 31 heavy (non-hydrogen) atoms. The molecule has 0 aliphatic heterocycles. The molecule has 3 rings (SSSR count). The number of amides is 1. The molecule has 1 atom stereocenters. The molecule has 0 aliphatic carbocycles. The number of furan rings is 1. The molecule has 3 aromatic rings. The molecule has 7 nitrogen and oxygen atoms in total. The van der Waals surface area contributed by atoms with E-state index in [1.54, 1.807) is 54.6 Å². The van der Waals surface area contributed by atoms with Crippen LogP contribution < -0.4 is 5.32 Å². The van der Waals surface area contributed by atoms with E-state index in [-0.39, 0.29) is 17.3 Å². The van der Waals surface area contributed by atoms with Gasteiger partial charge in [0.1, 0.15) is 5.76 Å². The van der Waals surface area contributed by atoms with Crippen LogP contribution in [0.5, 0.6) is 0 Å². The molecule has 0 unspecified atom stereocenters. The summed E-state index contributed by atoms with van der Waals surface area (Å²) in [7, 11) is 0. The van der Waals surface area contributed by atoms with Gasteiger partial charge in [-0.2, -0.15) is 0 Å². The summed E-state index contributed by atoms with van der Waals surface area (Å²) >= 11 is 0. The Morgan fingerprint density at radius 1 is 0.871 bits per heavy atom. The molecule has 0 bridgehead atoms. The van der Waals surface area contributed by atoms with E-state index in [4.69, 9.17) is 9.15 Å². The first-order valence-electron chi connectivity index (χ1n) is 9.59. The van der Waals surface area contributed by atoms with Crippen LogP contribution in [0.15, 0.2) is 65.1 Å². The molecule has 0 saturated carbocycles. The van der Waals surface area contributed by atoms with E-state index < -0.39 is 18.0 Å². The first kappa shape index (κ1) is 21.7. The van der Waals surface area contributed by atoms with E-state index in [1.807, 2.05) is 0 Å². The predicted octanol–water partition coefficient (Wildman–Crippen LogP) is 4.54. The molecule has 158 valence electrons. The van der Waals surface area contributed by atoms with Crippen molar-refractivity contribution in [3.05, 3.63) is 77.6 Å². The lowest BCUT2D eigenvalue weighted by atomic mass is 10.1. The van der Waals surface area contributed by atoms with Crippen molar-refractivity contribution in [3.8, 4) is 11.3 Å². The first-order valence-corrected chi connectivity index (χ1v) is 9.59. The van der Waals surface area contributed by atoms with Crippen LogP contribution in [0.2, 0.25) is 0 Å². The van der Waals surface area contributed by atoms with Gasteiger partial charge in [-0.1, -0.05) is 36.4 Å². The van der Waals surface area contributed by atoms with Gasteiger partial charge in [0, 0.05) is 16.7 Å². The molecule has 7 heteroatoms. The van der Waals surface area contributed by atoms with Crippen molar-refractivity contribution < 1.29 is 28.3 Å². The van der Waals surface area contributed by atoms with Crippen molar-refractivity contribution in [1.29, 1.82) is 0 Å². The van der Waals surface area contributed by atoms with Gasteiger partial charge in [0.2, 0.25) is 5.76 Å². The third-order valence-electron chi connectivity index (χ3n) is 4.60. The van der Waals surface area contributed by atoms with E-state index in [9.17, 15) is 19.2 Å². The third-order valence-corrected chi connectivity index (χ3v) is 4.60. The highest BCUT2D eigenvalue weighted by Crippen LogP contribution is 2.23. The van der Waals surface area contributed by atoms with Crippen molar-refractivity contribution in [2.45, 2.75) is 26.9 Å². The SMILES string of the molecule is CC(=O)c1ccc(-c2ccc(C(=O)O[C@H](C)C(=O)Nc3ccccc3C(C)=O)o2)cc1. The number of Topliss-reactive ketones (excluding diaryl/α,β-unsaturated/α-hetero) is 2. The number of ether oxygens (including phenoxy) is 1. The number of nitrogens with one attached hydrogen (secondary N) is 1. The standard InChI is InChI=1S/C24H21NO6/c1-14(26)17-8-10-18(11-9-17)21-12-13-22(31-21)24(29)30-16(3)23(28)25-20-7-5-4-6-19(20)15(2)27/h4-13,16H,1-3H3,(H,25,28)/t16-/m1/s1. The second kappa shape index (κ2) is 9.21. The summed E-state index contributed by atoms with van der Waals surface area (Å²) in [4.78, 5) is 47.9. The summed E-state index contributed by atoms with van der Waals surface area (Å²) in [5, 5.41) is 2.60. The van der Waals surface area contributed by atoms with Crippen LogP contribution in [0.25, 0.3) is 11.3 Å². The maximum absolute atomic E-state index is 12.4. The average molecular weight is 419 g/mol. The van der Waals surface area contributed by atoms with Crippen molar-refractivity contribution in [3.63, 3.8) is 0 Å². The second-order valence-electron chi connectivity index (χ2n) is 6.94. The Bertz CT molecular complexity index is 1140. The lowest BCUT2D eigenvalue weighted by Gasteiger charge is -2.14. The molecule has 0 radical (unpaired) electrons. The highest BCUT2D eigenvalue weighted by molar-refractivity contribution is 6.05. The lowest BCUT2D eigenvalue weighted by molar-refractivity contribution is -0.123. The molecule has 1 aromatic heterocycles. The Morgan fingerprint density at radius 3 is 2.19 bits per heavy atom. The fraction of sp³-hybridized carbons (Fsp3) is 0.167. The van der Waals surface area contributed by atoms with E-state index in [2.05, 4.69) is 5.32 Å². The number of para-hydroxylation sites is 1. The number of carbonyl (C=O) groups excluding carboxylic acids is 4. The minimum Gasteiger partial charge on any atom is -0.449 e. The summed E-state index contributed by atoms with van der Waals surface area (Å²) in [5.41, 5.74) is 1.97. The Labute approximate surface area is 179 Å². The van der Waals surface area contributed by atoms with Crippen LogP contribution in [0, 0.1) is 0 Å². The molecule has 2 aromatic carbocycles. The minimum atomic E-state index is -1.11. The first-order chi connectivity index (χ1) is 14.8. The molecule has 0 spiro atoms. The Morgan fingerprint density at radius 2 is 1.55 bits per heavy atom. The van der Waals surface area contributed by atoms with E-state index in [0.29, 0.717) is 28.1 Å². The van der Waals surface area contributed by atoms with Crippen molar-refractivity contribution in [1.82, 2.24) is 0 Å². The smallest absolute Gasteiger partial charge is 0.375 e. The van der Waals surface area contributed by atoms with Gasteiger partial charge in [-0.05, 0) is 45.0 Å². The van der Waals surface area contributed by atoms with Gasteiger partial charge >= 0.3 is 5.97 Å². The number of carbonyl (C=O) groups is 4. The van der Waals surface area contributed by atoms with Gasteiger partial charge in [-0.3, -0.25) is 14.4 Å². The number of esters is 1. The molecule has 1 N–H and O–H groups in total. The second-order valence-corrected chi connectivity index (χ2v) is 6.94. The van der Waals surface area contributed by atoms with Gasteiger partial charge in [0.25, 0.3) is 5.91 Å². The lowest BCUT2D eigenvalue weighted by Crippen LogP contribution is -2.30. The molecule has 0 fully saturated rings. The van der Waals surface area contributed by atoms with Crippen LogP contribution in [0.4, 0.5) is 5.69 Å². The number of anilines is 1. The monoisotopic (exact) mass is 419 g/mol. The fourth-order valence-corrected chi connectivity index (χ4v) is 2.88. The summed E-state index contributed by atoms with van der Waals surface area (Å²) in [6.07, 6.45) is -1.11. The topological polar surface area (TPSA) is 103 Å². The maximum atomic E-state index is 12.4. The Balaban J connectivity index is 1.65. The number of hydrogen-bond donors (Lipinski definition) is 1. The Hall–Kier alpha value is -4.00. The van der Waals surface area contributed by atoms with Crippen LogP contribution >= 0.6 is 0 Å². The van der Waals surface area contributed by atoms with Gasteiger partial charge < -0.3 is 14.5 Å². The fourth-order valence-electron chi connectivity index (χ4n) is 2.88. The van der Waals surface area contributed by atoms with Crippen molar-refractivity contribution in [2.24, 2.45) is 0 Å². The Kier molecular flexibility index (Phi) is 6.45. The molecule has 1 heterocycles. The molecular weight excluding hydrogens is 398 g/mol. The predicted molar refractivity (Wildman–Crippen MR) is 114 cm³/mol.